The number of carbonyl (C=O) groups excluding carboxylic acids is 1. The Morgan fingerprint density at radius 2 is 2.17 bits per heavy atom. The Bertz CT molecular complexity index is 502. The average Bonchev–Trinajstić information content (AvgIpc) is 2.70. The molecule has 0 spiro atoms. The van der Waals surface area contributed by atoms with E-state index >= 15 is 0 Å². The second-order valence-electron chi connectivity index (χ2n) is 4.11. The topological polar surface area (TPSA) is 44.7 Å². The average molecular weight is 286 g/mol. The van der Waals surface area contributed by atoms with Gasteiger partial charge in [-0.05, 0) is 24.6 Å². The Balaban J connectivity index is 2.05. The van der Waals surface area contributed by atoms with E-state index in [9.17, 15) is 4.79 Å². The number of carbonyl (C=O) groups is 1. The maximum Gasteiger partial charge on any atom is 0.347 e. The van der Waals surface area contributed by atoms with Gasteiger partial charge in [0.25, 0.3) is 0 Å². The van der Waals surface area contributed by atoms with Gasteiger partial charge in [0.05, 0.1) is 10.0 Å². The molecule has 0 saturated carbocycles. The van der Waals surface area contributed by atoms with E-state index in [2.05, 4.69) is 10.3 Å². The number of amidine groups is 1. The van der Waals surface area contributed by atoms with Crippen LogP contribution in [0.3, 0.4) is 0 Å². The van der Waals surface area contributed by atoms with Crippen molar-refractivity contribution in [1.29, 1.82) is 0 Å². The minimum atomic E-state index is -0.392. The summed E-state index contributed by atoms with van der Waals surface area (Å²) in [4.78, 5) is 17.7. The van der Waals surface area contributed by atoms with Crippen LogP contribution in [0.5, 0.6) is 0 Å². The van der Waals surface area contributed by atoms with Crippen LogP contribution in [0.2, 0.25) is 10.0 Å². The molecule has 2 rings (SSSR count). The predicted octanol–water partition coefficient (Wildman–Crippen LogP) is 3.65. The largest absolute Gasteiger partial charge is 0.363 e. The van der Waals surface area contributed by atoms with Crippen LogP contribution in [-0.2, 0) is 0 Å². The molecular formula is C12H13Cl2N3O. The Kier molecular flexibility index (Phi) is 4.09. The van der Waals surface area contributed by atoms with Crippen LogP contribution < -0.4 is 5.32 Å². The van der Waals surface area contributed by atoms with Crippen LogP contribution >= 0.6 is 23.2 Å². The number of nitrogens with one attached hydrogen (secondary N) is 1. The van der Waals surface area contributed by atoms with Gasteiger partial charge in [-0.1, -0.05) is 23.2 Å². The van der Waals surface area contributed by atoms with Gasteiger partial charge in [0.15, 0.2) is 0 Å². The summed E-state index contributed by atoms with van der Waals surface area (Å²) in [5, 5.41) is 3.52. The number of likely N-dealkylation sites (tertiary alicyclic amines) is 1. The fourth-order valence-electron chi connectivity index (χ4n) is 1.78. The van der Waals surface area contributed by atoms with E-state index in [0.717, 1.165) is 25.2 Å². The molecule has 1 aromatic carbocycles. The van der Waals surface area contributed by atoms with Crippen LogP contribution in [0.25, 0.3) is 0 Å². The van der Waals surface area contributed by atoms with Crippen molar-refractivity contribution in [2.45, 2.75) is 12.8 Å². The monoisotopic (exact) mass is 285 g/mol. The summed E-state index contributed by atoms with van der Waals surface area (Å²) < 4.78 is 0. The number of anilines is 1. The van der Waals surface area contributed by atoms with Crippen molar-refractivity contribution in [3.8, 4) is 0 Å². The lowest BCUT2D eigenvalue weighted by Crippen LogP contribution is -2.21. The Hall–Kier alpha value is -1.26. The summed E-state index contributed by atoms with van der Waals surface area (Å²) in [5.41, 5.74) is 0.583. The summed E-state index contributed by atoms with van der Waals surface area (Å²) in [6, 6.07) is 4.52. The van der Waals surface area contributed by atoms with Gasteiger partial charge in [-0.15, -0.1) is 0 Å². The van der Waals surface area contributed by atoms with Crippen LogP contribution in [-0.4, -0.2) is 30.4 Å². The highest BCUT2D eigenvalue weighted by Crippen LogP contribution is 2.25. The maximum atomic E-state index is 11.7. The molecule has 0 radical (unpaired) electrons. The number of urea groups is 1. The van der Waals surface area contributed by atoms with Gasteiger partial charge in [0.1, 0.15) is 5.84 Å². The minimum absolute atomic E-state index is 0.392. The van der Waals surface area contributed by atoms with Crippen LogP contribution in [0.1, 0.15) is 12.8 Å². The first-order valence-electron chi connectivity index (χ1n) is 5.61. The van der Waals surface area contributed by atoms with Crippen molar-refractivity contribution in [2.24, 2.45) is 4.99 Å². The Morgan fingerprint density at radius 1 is 1.39 bits per heavy atom. The molecule has 1 aliphatic heterocycles. The summed E-state index contributed by atoms with van der Waals surface area (Å²) in [7, 11) is 1.93. The van der Waals surface area contributed by atoms with Crippen molar-refractivity contribution in [1.82, 2.24) is 4.90 Å². The van der Waals surface area contributed by atoms with Crippen molar-refractivity contribution in [3.63, 3.8) is 0 Å². The SMILES string of the molecule is CN1CCCC1=NC(=O)Nc1ccc(Cl)c(Cl)c1. The number of hydrogen-bond donors (Lipinski definition) is 1. The van der Waals surface area contributed by atoms with Gasteiger partial charge in [-0.2, -0.15) is 4.99 Å². The lowest BCUT2D eigenvalue weighted by atomic mass is 10.3. The molecule has 0 bridgehead atoms. The van der Waals surface area contributed by atoms with Gasteiger partial charge in [0.2, 0.25) is 0 Å². The van der Waals surface area contributed by atoms with Gasteiger partial charge in [0, 0.05) is 25.7 Å². The summed E-state index contributed by atoms with van der Waals surface area (Å²) in [6.07, 6.45) is 1.88. The number of hydrogen-bond acceptors (Lipinski definition) is 1. The lowest BCUT2D eigenvalue weighted by molar-refractivity contribution is 0.259. The number of halogens is 2. The van der Waals surface area contributed by atoms with E-state index in [1.54, 1.807) is 18.2 Å². The normalized spacial score (nSPS) is 17.3. The number of rotatable bonds is 1. The van der Waals surface area contributed by atoms with Crippen LogP contribution in [0, 0.1) is 0 Å². The quantitative estimate of drug-likeness (QED) is 0.856. The maximum absolute atomic E-state index is 11.7. The molecule has 0 unspecified atom stereocenters. The van der Waals surface area contributed by atoms with Gasteiger partial charge >= 0.3 is 6.03 Å². The molecule has 1 heterocycles. The first-order chi connectivity index (χ1) is 8.56. The Morgan fingerprint density at radius 3 is 2.78 bits per heavy atom. The zero-order valence-corrected chi connectivity index (χ0v) is 11.4. The summed E-state index contributed by atoms with van der Waals surface area (Å²) in [6.45, 7) is 0.943. The van der Waals surface area contributed by atoms with Crippen molar-refractivity contribution >= 4 is 40.8 Å². The minimum Gasteiger partial charge on any atom is -0.363 e. The number of benzene rings is 1. The summed E-state index contributed by atoms with van der Waals surface area (Å²) in [5.74, 6) is 0.813. The standard InChI is InChI=1S/C12H13Cl2N3O/c1-17-6-2-3-11(17)16-12(18)15-8-4-5-9(13)10(14)7-8/h4-5,7H,2-3,6H2,1H3,(H,15,18). The molecule has 4 nitrogen and oxygen atoms in total. The molecule has 0 aliphatic carbocycles. The first kappa shape index (κ1) is 13.2. The highest BCUT2D eigenvalue weighted by Gasteiger charge is 2.15. The third-order valence-corrected chi connectivity index (χ3v) is 3.48. The van der Waals surface area contributed by atoms with E-state index < -0.39 is 6.03 Å². The molecule has 1 N–H and O–H groups in total. The molecule has 1 aliphatic rings. The summed E-state index contributed by atoms with van der Waals surface area (Å²) >= 11 is 11.7. The van der Waals surface area contributed by atoms with Gasteiger partial charge < -0.3 is 10.2 Å². The van der Waals surface area contributed by atoms with Crippen molar-refractivity contribution < 1.29 is 4.79 Å². The highest BCUT2D eigenvalue weighted by molar-refractivity contribution is 6.42. The molecule has 1 aromatic rings. The second kappa shape index (κ2) is 5.59. The fourth-order valence-corrected chi connectivity index (χ4v) is 2.08. The van der Waals surface area contributed by atoms with E-state index in [1.165, 1.54) is 0 Å². The molecule has 2 amide bonds. The van der Waals surface area contributed by atoms with E-state index in [4.69, 9.17) is 23.2 Å². The second-order valence-corrected chi connectivity index (χ2v) is 4.93. The smallest absolute Gasteiger partial charge is 0.347 e. The zero-order chi connectivity index (χ0) is 13.1. The number of nitrogens with zero attached hydrogens (tertiary/aromatic N) is 2. The fraction of sp³-hybridized carbons (Fsp3) is 0.333. The molecule has 96 valence electrons. The first-order valence-corrected chi connectivity index (χ1v) is 6.36. The van der Waals surface area contributed by atoms with Crippen molar-refractivity contribution in [2.75, 3.05) is 18.9 Å². The zero-order valence-electron chi connectivity index (χ0n) is 9.91. The van der Waals surface area contributed by atoms with E-state index in [1.807, 2.05) is 11.9 Å². The van der Waals surface area contributed by atoms with Crippen molar-refractivity contribution in [3.05, 3.63) is 28.2 Å². The molecule has 1 fully saturated rings. The van der Waals surface area contributed by atoms with Crippen LogP contribution in [0.15, 0.2) is 23.2 Å². The molecular weight excluding hydrogens is 273 g/mol. The molecule has 6 heteroatoms. The van der Waals surface area contributed by atoms with Gasteiger partial charge in [-0.3, -0.25) is 0 Å². The third-order valence-electron chi connectivity index (χ3n) is 2.74. The molecule has 18 heavy (non-hydrogen) atoms. The van der Waals surface area contributed by atoms with E-state index in [0.29, 0.717) is 15.7 Å². The van der Waals surface area contributed by atoms with E-state index in [-0.39, 0.29) is 0 Å². The number of amides is 2. The predicted molar refractivity (Wildman–Crippen MR) is 74.8 cm³/mol. The molecule has 1 saturated heterocycles. The third kappa shape index (κ3) is 3.15. The lowest BCUT2D eigenvalue weighted by Gasteiger charge is -2.10. The molecule has 0 atom stereocenters. The number of aliphatic imine (C=N–C) groups is 1. The molecule has 0 aromatic heterocycles. The van der Waals surface area contributed by atoms with Gasteiger partial charge in [-0.25, -0.2) is 4.79 Å². The van der Waals surface area contributed by atoms with Crippen LogP contribution in [0.4, 0.5) is 10.5 Å². The Labute approximate surface area is 116 Å². The highest BCUT2D eigenvalue weighted by atomic mass is 35.5.